The SMILES string of the molecule is CCOCCCCNC(=NC)NC1CCN(C(C)C)CC1. The van der Waals surface area contributed by atoms with Crippen molar-refractivity contribution in [1.82, 2.24) is 15.5 Å². The highest BCUT2D eigenvalue weighted by molar-refractivity contribution is 5.79. The molecule has 1 aliphatic rings. The standard InChI is InChI=1S/C16H34N4O/c1-5-21-13-7-6-10-18-16(17-4)19-15-8-11-20(12-9-15)14(2)3/h14-15H,5-13H2,1-4H3,(H2,17,18,19). The van der Waals surface area contributed by atoms with Gasteiger partial charge in [-0.25, -0.2) is 0 Å². The highest BCUT2D eigenvalue weighted by atomic mass is 16.5. The molecule has 0 bridgehead atoms. The number of unbranched alkanes of at least 4 members (excludes halogenated alkanes) is 1. The number of likely N-dealkylation sites (tertiary alicyclic amines) is 1. The van der Waals surface area contributed by atoms with Gasteiger partial charge in [0.15, 0.2) is 5.96 Å². The number of piperidine rings is 1. The van der Waals surface area contributed by atoms with Crippen LogP contribution in [0.5, 0.6) is 0 Å². The van der Waals surface area contributed by atoms with Crippen LogP contribution < -0.4 is 10.6 Å². The third-order valence-electron chi connectivity index (χ3n) is 4.04. The van der Waals surface area contributed by atoms with E-state index in [1.54, 1.807) is 0 Å². The van der Waals surface area contributed by atoms with E-state index in [0.29, 0.717) is 12.1 Å². The lowest BCUT2D eigenvalue weighted by molar-refractivity contribution is 0.143. The third kappa shape index (κ3) is 7.67. The fourth-order valence-electron chi connectivity index (χ4n) is 2.63. The Morgan fingerprint density at radius 3 is 2.57 bits per heavy atom. The molecule has 1 saturated heterocycles. The first-order chi connectivity index (χ1) is 10.2. The van der Waals surface area contributed by atoms with Crippen LogP contribution in [-0.4, -0.2) is 62.8 Å². The molecule has 124 valence electrons. The molecule has 0 aromatic rings. The maximum Gasteiger partial charge on any atom is 0.191 e. The van der Waals surface area contributed by atoms with Gasteiger partial charge in [-0.3, -0.25) is 4.99 Å². The lowest BCUT2D eigenvalue weighted by Crippen LogP contribution is -2.49. The van der Waals surface area contributed by atoms with Gasteiger partial charge in [0.1, 0.15) is 0 Å². The van der Waals surface area contributed by atoms with Crippen LogP contribution in [0, 0.1) is 0 Å². The lowest BCUT2D eigenvalue weighted by atomic mass is 10.0. The topological polar surface area (TPSA) is 48.9 Å². The number of rotatable bonds is 8. The summed E-state index contributed by atoms with van der Waals surface area (Å²) in [4.78, 5) is 6.86. The summed E-state index contributed by atoms with van der Waals surface area (Å²) in [5, 5.41) is 6.95. The largest absolute Gasteiger partial charge is 0.382 e. The second-order valence-electron chi connectivity index (χ2n) is 5.95. The van der Waals surface area contributed by atoms with Crippen molar-refractivity contribution in [2.45, 2.75) is 58.5 Å². The summed E-state index contributed by atoms with van der Waals surface area (Å²) in [5.74, 6) is 0.939. The number of aliphatic imine (C=N–C) groups is 1. The fourth-order valence-corrected chi connectivity index (χ4v) is 2.63. The van der Waals surface area contributed by atoms with Gasteiger partial charge in [0, 0.05) is 52.0 Å². The van der Waals surface area contributed by atoms with E-state index in [0.717, 1.165) is 38.6 Å². The van der Waals surface area contributed by atoms with E-state index >= 15 is 0 Å². The maximum atomic E-state index is 5.34. The quantitative estimate of drug-likeness (QED) is 0.408. The van der Waals surface area contributed by atoms with E-state index < -0.39 is 0 Å². The molecule has 1 fully saturated rings. The monoisotopic (exact) mass is 298 g/mol. The van der Waals surface area contributed by atoms with Crippen molar-refractivity contribution in [2.75, 3.05) is 39.9 Å². The minimum Gasteiger partial charge on any atom is -0.382 e. The molecule has 0 atom stereocenters. The van der Waals surface area contributed by atoms with Crippen molar-refractivity contribution in [3.8, 4) is 0 Å². The van der Waals surface area contributed by atoms with E-state index in [1.807, 2.05) is 14.0 Å². The normalized spacial score (nSPS) is 18.2. The van der Waals surface area contributed by atoms with Gasteiger partial charge in [-0.1, -0.05) is 0 Å². The van der Waals surface area contributed by atoms with Gasteiger partial charge >= 0.3 is 0 Å². The van der Waals surface area contributed by atoms with Gasteiger partial charge in [-0.2, -0.15) is 0 Å². The number of nitrogens with zero attached hydrogens (tertiary/aromatic N) is 2. The molecule has 5 heteroatoms. The Morgan fingerprint density at radius 2 is 2.00 bits per heavy atom. The predicted octanol–water partition coefficient (Wildman–Crippen LogP) is 1.84. The molecule has 1 rings (SSSR count). The summed E-state index contributed by atoms with van der Waals surface area (Å²) >= 11 is 0. The van der Waals surface area contributed by atoms with Crippen LogP contribution in [0.2, 0.25) is 0 Å². The fraction of sp³-hybridized carbons (Fsp3) is 0.938. The summed E-state index contributed by atoms with van der Waals surface area (Å²) < 4.78 is 5.34. The second-order valence-corrected chi connectivity index (χ2v) is 5.95. The Morgan fingerprint density at radius 1 is 1.29 bits per heavy atom. The Balaban J connectivity index is 2.14. The average Bonchev–Trinajstić information content (AvgIpc) is 2.50. The van der Waals surface area contributed by atoms with Gasteiger partial charge in [-0.05, 0) is 46.5 Å². The average molecular weight is 298 g/mol. The Labute approximate surface area is 130 Å². The first-order valence-corrected chi connectivity index (χ1v) is 8.46. The molecule has 0 aromatic carbocycles. The van der Waals surface area contributed by atoms with Crippen LogP contribution in [0.25, 0.3) is 0 Å². The molecule has 0 aromatic heterocycles. The van der Waals surface area contributed by atoms with Crippen LogP contribution in [0.3, 0.4) is 0 Å². The van der Waals surface area contributed by atoms with E-state index in [-0.39, 0.29) is 0 Å². The third-order valence-corrected chi connectivity index (χ3v) is 4.04. The van der Waals surface area contributed by atoms with Crippen LogP contribution in [0.4, 0.5) is 0 Å². The van der Waals surface area contributed by atoms with E-state index in [1.165, 1.54) is 25.9 Å². The minimum atomic E-state index is 0.551. The van der Waals surface area contributed by atoms with Gasteiger partial charge < -0.3 is 20.3 Å². The van der Waals surface area contributed by atoms with Gasteiger partial charge in [0.2, 0.25) is 0 Å². The summed E-state index contributed by atoms with van der Waals surface area (Å²) in [7, 11) is 1.85. The van der Waals surface area contributed by atoms with Crippen molar-refractivity contribution >= 4 is 5.96 Å². The van der Waals surface area contributed by atoms with Crippen molar-refractivity contribution in [1.29, 1.82) is 0 Å². The van der Waals surface area contributed by atoms with Crippen molar-refractivity contribution < 1.29 is 4.74 Å². The molecule has 0 spiro atoms. The molecule has 0 amide bonds. The summed E-state index contributed by atoms with van der Waals surface area (Å²) in [6.45, 7) is 11.6. The van der Waals surface area contributed by atoms with E-state index in [9.17, 15) is 0 Å². The molecule has 5 nitrogen and oxygen atoms in total. The highest BCUT2D eigenvalue weighted by Gasteiger charge is 2.21. The number of guanidine groups is 1. The van der Waals surface area contributed by atoms with Crippen molar-refractivity contribution in [2.24, 2.45) is 4.99 Å². The maximum absolute atomic E-state index is 5.34. The number of ether oxygens (including phenoxy) is 1. The Hall–Kier alpha value is -0.810. The highest BCUT2D eigenvalue weighted by Crippen LogP contribution is 2.12. The molecule has 1 heterocycles. The first-order valence-electron chi connectivity index (χ1n) is 8.46. The second kappa shape index (κ2) is 10.9. The van der Waals surface area contributed by atoms with E-state index in [2.05, 4.69) is 34.4 Å². The number of hydrogen-bond acceptors (Lipinski definition) is 3. The number of nitrogens with one attached hydrogen (secondary N) is 2. The lowest BCUT2D eigenvalue weighted by Gasteiger charge is -2.35. The Bertz CT molecular complexity index is 286. The Kier molecular flexibility index (Phi) is 9.42. The molecule has 0 radical (unpaired) electrons. The molecular weight excluding hydrogens is 264 g/mol. The number of hydrogen-bond donors (Lipinski definition) is 2. The molecule has 1 aliphatic heterocycles. The predicted molar refractivity (Wildman–Crippen MR) is 90.0 cm³/mol. The van der Waals surface area contributed by atoms with Crippen LogP contribution in [0.1, 0.15) is 46.5 Å². The van der Waals surface area contributed by atoms with Gasteiger partial charge in [-0.15, -0.1) is 0 Å². The molecule has 0 unspecified atom stereocenters. The smallest absolute Gasteiger partial charge is 0.191 e. The molecule has 0 saturated carbocycles. The van der Waals surface area contributed by atoms with E-state index in [4.69, 9.17) is 4.74 Å². The first kappa shape index (κ1) is 18.2. The summed E-state index contributed by atoms with van der Waals surface area (Å²) in [6, 6.07) is 1.21. The zero-order chi connectivity index (χ0) is 15.5. The van der Waals surface area contributed by atoms with Crippen molar-refractivity contribution in [3.63, 3.8) is 0 Å². The van der Waals surface area contributed by atoms with Crippen LogP contribution in [-0.2, 0) is 4.74 Å². The van der Waals surface area contributed by atoms with Crippen molar-refractivity contribution in [3.05, 3.63) is 0 Å². The zero-order valence-corrected chi connectivity index (χ0v) is 14.3. The molecule has 0 aliphatic carbocycles. The molecule has 21 heavy (non-hydrogen) atoms. The van der Waals surface area contributed by atoms with Gasteiger partial charge in [0.05, 0.1) is 0 Å². The van der Waals surface area contributed by atoms with Gasteiger partial charge in [0.25, 0.3) is 0 Å². The van der Waals surface area contributed by atoms with Crippen LogP contribution >= 0.6 is 0 Å². The summed E-state index contributed by atoms with van der Waals surface area (Å²) in [5.41, 5.74) is 0. The minimum absolute atomic E-state index is 0.551. The summed E-state index contributed by atoms with van der Waals surface area (Å²) in [6.07, 6.45) is 4.61. The zero-order valence-electron chi connectivity index (χ0n) is 14.3. The van der Waals surface area contributed by atoms with Crippen LogP contribution in [0.15, 0.2) is 4.99 Å². The molecular formula is C16H34N4O. The molecule has 2 N–H and O–H groups in total.